The van der Waals surface area contributed by atoms with Crippen LogP contribution in [-0.2, 0) is 4.79 Å². The van der Waals surface area contributed by atoms with E-state index in [-0.39, 0.29) is 18.0 Å². The summed E-state index contributed by atoms with van der Waals surface area (Å²) >= 11 is 0. The minimum absolute atomic E-state index is 0.0317. The number of nitrogens with two attached hydrogens (primary N) is 1. The molecule has 15 heavy (non-hydrogen) atoms. The number of aliphatic hydroxyl groups is 1. The Morgan fingerprint density at radius 2 is 2.33 bits per heavy atom. The van der Waals surface area contributed by atoms with Crippen molar-refractivity contribution in [3.8, 4) is 0 Å². The highest BCUT2D eigenvalue weighted by Gasteiger charge is 2.12. The highest BCUT2D eigenvalue weighted by molar-refractivity contribution is 5.89. The molecule has 4 N–H and O–H groups in total. The number of halogens is 1. The molecule has 0 bridgehead atoms. The molecule has 1 aromatic carbocycles. The highest BCUT2D eigenvalue weighted by atomic mass is 19.1. The minimum Gasteiger partial charge on any atom is -0.387 e. The molecule has 0 aliphatic rings. The molecule has 1 aromatic rings. The van der Waals surface area contributed by atoms with Gasteiger partial charge in [0.15, 0.2) is 0 Å². The lowest BCUT2D eigenvalue weighted by Gasteiger charge is -2.14. The van der Waals surface area contributed by atoms with E-state index in [9.17, 15) is 14.3 Å². The van der Waals surface area contributed by atoms with Gasteiger partial charge in [0, 0.05) is 24.7 Å². The molecular weight excluding hydrogens is 199 g/mol. The van der Waals surface area contributed by atoms with Gasteiger partial charge < -0.3 is 16.2 Å². The molecule has 0 aromatic heterocycles. The number of hydrogen-bond acceptors (Lipinski definition) is 3. The van der Waals surface area contributed by atoms with E-state index in [1.165, 1.54) is 19.1 Å². The molecular formula is C10H13FN2O2. The van der Waals surface area contributed by atoms with E-state index in [1.54, 1.807) is 0 Å². The zero-order chi connectivity index (χ0) is 11.4. The topological polar surface area (TPSA) is 75.3 Å². The van der Waals surface area contributed by atoms with Gasteiger partial charge in [0.25, 0.3) is 0 Å². The Labute approximate surface area is 86.9 Å². The summed E-state index contributed by atoms with van der Waals surface area (Å²) in [5.74, 6) is -0.765. The van der Waals surface area contributed by atoms with Gasteiger partial charge in [0.2, 0.25) is 5.91 Å². The minimum atomic E-state index is -0.984. The monoisotopic (exact) mass is 212 g/mol. The predicted molar refractivity (Wildman–Crippen MR) is 54.7 cm³/mol. The number of amides is 1. The van der Waals surface area contributed by atoms with Gasteiger partial charge >= 0.3 is 0 Å². The van der Waals surface area contributed by atoms with E-state index >= 15 is 0 Å². The van der Waals surface area contributed by atoms with Crippen LogP contribution >= 0.6 is 0 Å². The van der Waals surface area contributed by atoms with Gasteiger partial charge in [-0.25, -0.2) is 4.39 Å². The summed E-state index contributed by atoms with van der Waals surface area (Å²) in [5, 5.41) is 12.0. The summed E-state index contributed by atoms with van der Waals surface area (Å²) in [6.07, 6.45) is -0.984. The van der Waals surface area contributed by atoms with Crippen LogP contribution in [-0.4, -0.2) is 17.6 Å². The third-order valence-electron chi connectivity index (χ3n) is 1.91. The maximum atomic E-state index is 12.9. The number of benzene rings is 1. The maximum absolute atomic E-state index is 12.9. The summed E-state index contributed by atoms with van der Waals surface area (Å²) in [7, 11) is 0. The summed E-state index contributed by atoms with van der Waals surface area (Å²) in [6.45, 7) is 1.30. The van der Waals surface area contributed by atoms with Gasteiger partial charge in [0.05, 0.1) is 6.10 Å². The average Bonchev–Trinajstić information content (AvgIpc) is 2.19. The number of aliphatic hydroxyl groups excluding tert-OH is 1. The van der Waals surface area contributed by atoms with Crippen LogP contribution < -0.4 is 11.1 Å². The van der Waals surface area contributed by atoms with Gasteiger partial charge in [0.1, 0.15) is 5.82 Å². The van der Waals surface area contributed by atoms with Gasteiger partial charge in [-0.2, -0.15) is 0 Å². The molecule has 5 heteroatoms. The first kappa shape index (κ1) is 11.6. The summed E-state index contributed by atoms with van der Waals surface area (Å²) in [6, 6.07) is 3.76. The van der Waals surface area contributed by atoms with Crippen LogP contribution in [0, 0.1) is 5.82 Å². The van der Waals surface area contributed by atoms with E-state index in [2.05, 4.69) is 5.32 Å². The molecule has 0 aliphatic carbocycles. The fourth-order valence-corrected chi connectivity index (χ4v) is 1.24. The van der Waals surface area contributed by atoms with E-state index in [0.717, 1.165) is 6.07 Å². The van der Waals surface area contributed by atoms with Gasteiger partial charge in [-0.05, 0) is 18.2 Å². The van der Waals surface area contributed by atoms with Crippen LogP contribution in [0.15, 0.2) is 18.2 Å². The lowest BCUT2D eigenvalue weighted by atomic mass is 10.1. The van der Waals surface area contributed by atoms with Gasteiger partial charge in [-0.1, -0.05) is 0 Å². The number of hydrogen-bond donors (Lipinski definition) is 3. The molecule has 0 radical (unpaired) electrons. The molecule has 4 nitrogen and oxygen atoms in total. The van der Waals surface area contributed by atoms with Gasteiger partial charge in [-0.15, -0.1) is 0 Å². The lowest BCUT2D eigenvalue weighted by molar-refractivity contribution is -0.114. The normalized spacial score (nSPS) is 12.3. The second kappa shape index (κ2) is 4.86. The van der Waals surface area contributed by atoms with Crippen LogP contribution in [0.2, 0.25) is 0 Å². The van der Waals surface area contributed by atoms with Crippen molar-refractivity contribution in [3.05, 3.63) is 29.6 Å². The molecule has 1 rings (SSSR count). The third kappa shape index (κ3) is 3.00. The summed E-state index contributed by atoms with van der Waals surface area (Å²) < 4.78 is 12.9. The standard InChI is InChI=1S/C10H13FN2O2/c1-6(14)13-9-3-2-7(11)4-8(9)10(15)5-12/h2-4,10,15H,5,12H2,1H3,(H,13,14). The first-order valence-electron chi connectivity index (χ1n) is 4.49. The highest BCUT2D eigenvalue weighted by Crippen LogP contribution is 2.23. The van der Waals surface area contributed by atoms with E-state index < -0.39 is 11.9 Å². The zero-order valence-electron chi connectivity index (χ0n) is 8.33. The fourth-order valence-electron chi connectivity index (χ4n) is 1.24. The van der Waals surface area contributed by atoms with Crippen LogP contribution in [0.4, 0.5) is 10.1 Å². The van der Waals surface area contributed by atoms with Crippen LogP contribution in [0.3, 0.4) is 0 Å². The second-order valence-electron chi connectivity index (χ2n) is 3.16. The van der Waals surface area contributed by atoms with Crippen molar-refractivity contribution in [3.63, 3.8) is 0 Å². The molecule has 0 heterocycles. The molecule has 0 saturated heterocycles. The Bertz CT molecular complexity index is 368. The van der Waals surface area contributed by atoms with Crippen molar-refractivity contribution in [1.29, 1.82) is 0 Å². The Morgan fingerprint density at radius 1 is 1.67 bits per heavy atom. The molecule has 1 amide bonds. The number of anilines is 1. The zero-order valence-corrected chi connectivity index (χ0v) is 8.33. The van der Waals surface area contributed by atoms with Crippen molar-refractivity contribution in [1.82, 2.24) is 0 Å². The Kier molecular flexibility index (Phi) is 3.76. The molecule has 82 valence electrons. The van der Waals surface area contributed by atoms with Crippen molar-refractivity contribution in [2.45, 2.75) is 13.0 Å². The van der Waals surface area contributed by atoms with Crippen molar-refractivity contribution in [2.75, 3.05) is 11.9 Å². The summed E-state index contributed by atoms with van der Waals surface area (Å²) in [4.78, 5) is 10.8. The molecule has 1 atom stereocenters. The smallest absolute Gasteiger partial charge is 0.221 e. The largest absolute Gasteiger partial charge is 0.387 e. The molecule has 0 aliphatic heterocycles. The molecule has 0 saturated carbocycles. The lowest BCUT2D eigenvalue weighted by Crippen LogP contribution is -2.16. The molecule has 0 spiro atoms. The molecule has 0 fully saturated rings. The van der Waals surface area contributed by atoms with Crippen LogP contribution in [0.1, 0.15) is 18.6 Å². The first-order valence-corrected chi connectivity index (χ1v) is 4.49. The van der Waals surface area contributed by atoms with Crippen molar-refractivity contribution < 1.29 is 14.3 Å². The van der Waals surface area contributed by atoms with E-state index in [1.807, 2.05) is 0 Å². The SMILES string of the molecule is CC(=O)Nc1ccc(F)cc1C(O)CN. The number of nitrogens with one attached hydrogen (secondary N) is 1. The Morgan fingerprint density at radius 3 is 2.87 bits per heavy atom. The maximum Gasteiger partial charge on any atom is 0.221 e. The van der Waals surface area contributed by atoms with Crippen LogP contribution in [0.25, 0.3) is 0 Å². The third-order valence-corrected chi connectivity index (χ3v) is 1.91. The second-order valence-corrected chi connectivity index (χ2v) is 3.16. The first-order chi connectivity index (χ1) is 7.04. The predicted octanol–water partition coefficient (Wildman–Crippen LogP) is 0.776. The summed E-state index contributed by atoms with van der Waals surface area (Å²) in [5.41, 5.74) is 5.93. The fraction of sp³-hybridized carbons (Fsp3) is 0.300. The number of carbonyl (C=O) groups is 1. The van der Waals surface area contributed by atoms with Crippen LogP contribution in [0.5, 0.6) is 0 Å². The number of rotatable bonds is 3. The van der Waals surface area contributed by atoms with Crippen molar-refractivity contribution >= 4 is 11.6 Å². The van der Waals surface area contributed by atoms with E-state index in [0.29, 0.717) is 5.69 Å². The Balaban J connectivity index is 3.08. The van der Waals surface area contributed by atoms with Gasteiger partial charge in [-0.3, -0.25) is 4.79 Å². The Hall–Kier alpha value is -1.46. The molecule has 1 unspecified atom stereocenters. The number of carbonyl (C=O) groups excluding carboxylic acids is 1. The van der Waals surface area contributed by atoms with E-state index in [4.69, 9.17) is 5.73 Å². The van der Waals surface area contributed by atoms with Crippen molar-refractivity contribution in [2.24, 2.45) is 5.73 Å². The quantitative estimate of drug-likeness (QED) is 0.693. The average molecular weight is 212 g/mol.